The van der Waals surface area contributed by atoms with Crippen LogP contribution in [0.25, 0.3) is 11.0 Å². The third kappa shape index (κ3) is 3.79. The van der Waals surface area contributed by atoms with Gasteiger partial charge in [-0.15, -0.1) is 0 Å². The first-order valence-corrected chi connectivity index (χ1v) is 10.6. The molecule has 1 N–H and O–H groups in total. The number of hydrogen-bond acceptors (Lipinski definition) is 6. The molecule has 1 amide bonds. The number of benzene rings is 2. The lowest BCUT2D eigenvalue weighted by atomic mass is 10.2. The van der Waals surface area contributed by atoms with Gasteiger partial charge in [0.25, 0.3) is 5.91 Å². The van der Waals surface area contributed by atoms with Gasteiger partial charge in [0.05, 0.1) is 18.1 Å². The molecule has 9 heteroatoms. The zero-order chi connectivity index (χ0) is 20.4. The molecule has 1 saturated heterocycles. The monoisotopic (exact) mass is 412 g/mol. The maximum absolute atomic E-state index is 13.0. The molecule has 3 aromatic rings. The van der Waals surface area contributed by atoms with Crippen molar-refractivity contribution in [1.29, 1.82) is 0 Å². The molecule has 0 radical (unpaired) electrons. The Kier molecular flexibility index (Phi) is 5.16. The van der Waals surface area contributed by atoms with E-state index >= 15 is 0 Å². The first-order chi connectivity index (χ1) is 14.0. The molecular weight excluding hydrogens is 392 g/mol. The fraction of sp³-hybridized carbons (Fsp3) is 0.250. The molecule has 1 aromatic heterocycles. The number of fused-ring (bicyclic) bond motifs is 1. The van der Waals surface area contributed by atoms with Crippen molar-refractivity contribution in [1.82, 2.24) is 14.3 Å². The van der Waals surface area contributed by atoms with Crippen LogP contribution in [0.4, 0.5) is 5.69 Å². The summed E-state index contributed by atoms with van der Waals surface area (Å²) in [6.07, 6.45) is 4.83. The normalized spacial score (nSPS) is 14.8. The van der Waals surface area contributed by atoms with Crippen LogP contribution in [0.3, 0.4) is 0 Å². The van der Waals surface area contributed by atoms with E-state index in [-0.39, 0.29) is 16.2 Å². The van der Waals surface area contributed by atoms with E-state index in [2.05, 4.69) is 15.3 Å². The average Bonchev–Trinajstić information content (AvgIpc) is 3.29. The molecule has 0 bridgehead atoms. The van der Waals surface area contributed by atoms with E-state index in [1.54, 1.807) is 30.6 Å². The van der Waals surface area contributed by atoms with Crippen molar-refractivity contribution in [2.75, 3.05) is 25.5 Å². The van der Waals surface area contributed by atoms with Gasteiger partial charge in [0, 0.05) is 36.7 Å². The minimum atomic E-state index is -3.73. The maximum atomic E-state index is 13.0. The smallest absolute Gasteiger partial charge is 0.255 e. The van der Waals surface area contributed by atoms with Crippen molar-refractivity contribution in [3.05, 3.63) is 54.4 Å². The van der Waals surface area contributed by atoms with Crippen molar-refractivity contribution in [2.24, 2.45) is 0 Å². The largest absolute Gasteiger partial charge is 0.495 e. The van der Waals surface area contributed by atoms with Gasteiger partial charge in [0.2, 0.25) is 10.0 Å². The third-order valence-electron chi connectivity index (χ3n) is 4.84. The van der Waals surface area contributed by atoms with Crippen LogP contribution in [0.1, 0.15) is 23.2 Å². The molecule has 0 aliphatic carbocycles. The number of anilines is 1. The number of carbonyl (C=O) groups excluding carboxylic acids is 1. The summed E-state index contributed by atoms with van der Waals surface area (Å²) in [6.45, 7) is 0.945. The molecule has 0 spiro atoms. The highest BCUT2D eigenvalue weighted by Gasteiger charge is 2.30. The Morgan fingerprint density at radius 1 is 1.03 bits per heavy atom. The van der Waals surface area contributed by atoms with E-state index in [1.807, 2.05) is 0 Å². The number of carbonyl (C=O) groups is 1. The second kappa shape index (κ2) is 7.76. The third-order valence-corrected chi connectivity index (χ3v) is 6.76. The minimum Gasteiger partial charge on any atom is -0.495 e. The number of rotatable bonds is 5. The highest BCUT2D eigenvalue weighted by molar-refractivity contribution is 7.89. The van der Waals surface area contributed by atoms with Crippen LogP contribution in [-0.2, 0) is 10.0 Å². The Hall–Kier alpha value is -3.04. The zero-order valence-electron chi connectivity index (χ0n) is 15.8. The van der Waals surface area contributed by atoms with Crippen LogP contribution in [0, 0.1) is 0 Å². The average molecular weight is 412 g/mol. The van der Waals surface area contributed by atoms with E-state index < -0.39 is 15.9 Å². The second-order valence-electron chi connectivity index (χ2n) is 6.69. The van der Waals surface area contributed by atoms with Gasteiger partial charge in [0.1, 0.15) is 10.6 Å². The number of sulfonamides is 1. The Labute approximate surface area is 168 Å². The van der Waals surface area contributed by atoms with Crippen LogP contribution < -0.4 is 10.1 Å². The molecule has 29 heavy (non-hydrogen) atoms. The summed E-state index contributed by atoms with van der Waals surface area (Å²) in [5, 5.41) is 2.78. The Morgan fingerprint density at radius 2 is 1.76 bits per heavy atom. The van der Waals surface area contributed by atoms with Gasteiger partial charge in [-0.25, -0.2) is 8.42 Å². The van der Waals surface area contributed by atoms with Gasteiger partial charge in [-0.2, -0.15) is 4.31 Å². The van der Waals surface area contributed by atoms with Gasteiger partial charge in [-0.3, -0.25) is 14.8 Å². The summed E-state index contributed by atoms with van der Waals surface area (Å²) >= 11 is 0. The first kappa shape index (κ1) is 19.3. The second-order valence-corrected chi connectivity index (χ2v) is 8.60. The lowest BCUT2D eigenvalue weighted by molar-refractivity contribution is 0.102. The first-order valence-electron chi connectivity index (χ1n) is 9.19. The zero-order valence-corrected chi connectivity index (χ0v) is 16.6. The van der Waals surface area contributed by atoms with Crippen LogP contribution in [0.5, 0.6) is 5.75 Å². The number of amides is 1. The van der Waals surface area contributed by atoms with Crippen molar-refractivity contribution in [2.45, 2.75) is 17.7 Å². The molecular formula is C20H20N4O4S. The SMILES string of the molecule is COc1ccc(C(=O)Nc2ccc3nccnc3c2)cc1S(=O)(=O)N1CCCC1. The number of hydrogen-bond donors (Lipinski definition) is 1. The molecule has 1 fully saturated rings. The Balaban J connectivity index is 1.64. The fourth-order valence-corrected chi connectivity index (χ4v) is 5.03. The Bertz CT molecular complexity index is 1170. The molecule has 1 aliphatic heterocycles. The maximum Gasteiger partial charge on any atom is 0.255 e. The number of ether oxygens (including phenoxy) is 1. The number of nitrogens with zero attached hydrogens (tertiary/aromatic N) is 3. The van der Waals surface area contributed by atoms with Gasteiger partial charge in [-0.05, 0) is 49.2 Å². The van der Waals surface area contributed by atoms with Crippen molar-refractivity contribution in [3.63, 3.8) is 0 Å². The van der Waals surface area contributed by atoms with Gasteiger partial charge >= 0.3 is 0 Å². The molecule has 2 heterocycles. The highest BCUT2D eigenvalue weighted by atomic mass is 32.2. The summed E-state index contributed by atoms with van der Waals surface area (Å²) in [7, 11) is -2.32. The predicted molar refractivity (Wildman–Crippen MR) is 108 cm³/mol. The van der Waals surface area contributed by atoms with E-state index in [4.69, 9.17) is 4.74 Å². The summed E-state index contributed by atoms with van der Waals surface area (Å²) < 4.78 is 32.7. The summed E-state index contributed by atoms with van der Waals surface area (Å²) in [4.78, 5) is 21.2. The van der Waals surface area contributed by atoms with E-state index in [0.717, 1.165) is 12.8 Å². The predicted octanol–water partition coefficient (Wildman–Crippen LogP) is 2.68. The topological polar surface area (TPSA) is 101 Å². The summed E-state index contributed by atoms with van der Waals surface area (Å²) in [6, 6.07) is 9.60. The minimum absolute atomic E-state index is 0.000992. The Morgan fingerprint density at radius 3 is 2.48 bits per heavy atom. The molecule has 8 nitrogen and oxygen atoms in total. The van der Waals surface area contributed by atoms with Crippen LogP contribution in [0.2, 0.25) is 0 Å². The van der Waals surface area contributed by atoms with Gasteiger partial charge in [0.15, 0.2) is 0 Å². The standard InChI is InChI=1S/C20H20N4O4S/c1-28-18-7-4-14(12-19(18)29(26,27)24-10-2-3-11-24)20(25)23-15-5-6-16-17(13-15)22-9-8-21-16/h4-9,12-13H,2-3,10-11H2,1H3,(H,23,25). The molecule has 0 saturated carbocycles. The molecule has 0 unspecified atom stereocenters. The van der Waals surface area contributed by atoms with Crippen molar-refractivity contribution < 1.29 is 17.9 Å². The van der Waals surface area contributed by atoms with Crippen molar-refractivity contribution >= 4 is 32.7 Å². The fourth-order valence-electron chi connectivity index (χ4n) is 3.33. The lowest BCUT2D eigenvalue weighted by Crippen LogP contribution is -2.28. The number of methoxy groups -OCH3 is 1. The van der Waals surface area contributed by atoms with Gasteiger partial charge in [-0.1, -0.05) is 0 Å². The van der Waals surface area contributed by atoms with Crippen LogP contribution in [0.15, 0.2) is 53.7 Å². The van der Waals surface area contributed by atoms with Crippen LogP contribution >= 0.6 is 0 Å². The van der Waals surface area contributed by atoms with Crippen LogP contribution in [-0.4, -0.2) is 48.8 Å². The number of nitrogens with one attached hydrogen (secondary N) is 1. The summed E-state index contributed by atoms with van der Waals surface area (Å²) in [5.41, 5.74) is 2.14. The molecule has 2 aromatic carbocycles. The number of aromatic nitrogens is 2. The highest BCUT2D eigenvalue weighted by Crippen LogP contribution is 2.30. The molecule has 1 aliphatic rings. The lowest BCUT2D eigenvalue weighted by Gasteiger charge is -2.18. The van der Waals surface area contributed by atoms with E-state index in [9.17, 15) is 13.2 Å². The molecule has 150 valence electrons. The van der Waals surface area contributed by atoms with E-state index in [1.165, 1.54) is 29.6 Å². The molecule has 4 rings (SSSR count). The van der Waals surface area contributed by atoms with E-state index in [0.29, 0.717) is 29.8 Å². The summed E-state index contributed by atoms with van der Waals surface area (Å²) in [5.74, 6) is -0.205. The van der Waals surface area contributed by atoms with Gasteiger partial charge < -0.3 is 10.1 Å². The van der Waals surface area contributed by atoms with Crippen molar-refractivity contribution in [3.8, 4) is 5.75 Å². The molecule has 0 atom stereocenters. The quantitative estimate of drug-likeness (QED) is 0.691.